The first-order valence-corrected chi connectivity index (χ1v) is 8.74. The van der Waals surface area contributed by atoms with Crippen LogP contribution in [0.3, 0.4) is 0 Å². The maximum atomic E-state index is 12.2. The van der Waals surface area contributed by atoms with Crippen LogP contribution in [-0.4, -0.2) is 24.9 Å². The van der Waals surface area contributed by atoms with Crippen LogP contribution in [-0.2, 0) is 16.0 Å². The second kappa shape index (κ2) is 9.09. The van der Waals surface area contributed by atoms with Gasteiger partial charge in [-0.15, -0.1) is 0 Å². The summed E-state index contributed by atoms with van der Waals surface area (Å²) in [5.74, 6) is -0.572. The Balaban J connectivity index is 1.95. The third-order valence-corrected chi connectivity index (χ3v) is 4.34. The third kappa shape index (κ3) is 5.92. The van der Waals surface area contributed by atoms with Gasteiger partial charge in [0.05, 0.1) is 10.7 Å². The quantitative estimate of drug-likeness (QED) is 0.784. The lowest BCUT2D eigenvalue weighted by Crippen LogP contribution is -2.40. The molecular weight excluding hydrogens is 383 g/mol. The van der Waals surface area contributed by atoms with Gasteiger partial charge in [0.2, 0.25) is 11.8 Å². The van der Waals surface area contributed by atoms with E-state index in [9.17, 15) is 9.59 Å². The van der Waals surface area contributed by atoms with Crippen molar-refractivity contribution in [3.63, 3.8) is 0 Å². The summed E-state index contributed by atoms with van der Waals surface area (Å²) in [6.45, 7) is 1.70. The average molecular weight is 400 g/mol. The fraction of sp³-hybridized carbons (Fsp3) is 0.222. The molecule has 2 amide bonds. The van der Waals surface area contributed by atoms with Crippen LogP contribution >= 0.6 is 34.8 Å². The minimum Gasteiger partial charge on any atom is -0.354 e. The van der Waals surface area contributed by atoms with Crippen molar-refractivity contribution in [2.24, 2.45) is 0 Å². The fourth-order valence-electron chi connectivity index (χ4n) is 2.26. The molecule has 0 aromatic heterocycles. The molecule has 0 aliphatic carbocycles. The molecule has 0 spiro atoms. The highest BCUT2D eigenvalue weighted by Gasteiger charge is 2.18. The highest BCUT2D eigenvalue weighted by atomic mass is 35.5. The summed E-state index contributed by atoms with van der Waals surface area (Å²) >= 11 is 17.9. The van der Waals surface area contributed by atoms with Crippen LogP contribution in [0.5, 0.6) is 0 Å². The molecule has 0 radical (unpaired) electrons. The second-order valence-electron chi connectivity index (χ2n) is 5.43. The number of rotatable bonds is 6. The van der Waals surface area contributed by atoms with Gasteiger partial charge in [0.1, 0.15) is 6.54 Å². The van der Waals surface area contributed by atoms with E-state index in [0.717, 1.165) is 5.56 Å². The summed E-state index contributed by atoms with van der Waals surface area (Å²) in [7, 11) is 0. The third-order valence-electron chi connectivity index (χ3n) is 3.53. The molecule has 2 aromatic rings. The minimum absolute atomic E-state index is 0.129. The second-order valence-corrected chi connectivity index (χ2v) is 6.71. The molecule has 7 heteroatoms. The number of anilines is 1. The first kappa shape index (κ1) is 19.6. The van der Waals surface area contributed by atoms with Crippen LogP contribution in [0.15, 0.2) is 42.5 Å². The lowest BCUT2D eigenvalue weighted by molar-refractivity contribution is -0.123. The van der Waals surface area contributed by atoms with Gasteiger partial charge in [-0.1, -0.05) is 46.9 Å². The van der Waals surface area contributed by atoms with Gasteiger partial charge in [0.25, 0.3) is 0 Å². The van der Waals surface area contributed by atoms with E-state index in [4.69, 9.17) is 34.8 Å². The Bertz CT molecular complexity index is 763. The number of carbonyl (C=O) groups is 2. The Morgan fingerprint density at radius 1 is 1.00 bits per heavy atom. The van der Waals surface area contributed by atoms with Crippen LogP contribution < -0.4 is 10.2 Å². The number of amides is 2. The molecular formula is C18H17Cl3N2O2. The summed E-state index contributed by atoms with van der Waals surface area (Å²) in [5.41, 5.74) is 1.47. The zero-order valence-corrected chi connectivity index (χ0v) is 15.8. The van der Waals surface area contributed by atoms with Crippen LogP contribution in [0.2, 0.25) is 15.1 Å². The van der Waals surface area contributed by atoms with E-state index >= 15 is 0 Å². The molecule has 132 valence electrons. The molecule has 0 unspecified atom stereocenters. The zero-order valence-electron chi connectivity index (χ0n) is 13.6. The van der Waals surface area contributed by atoms with Crippen LogP contribution in [0.25, 0.3) is 0 Å². The van der Waals surface area contributed by atoms with E-state index < -0.39 is 0 Å². The lowest BCUT2D eigenvalue weighted by Gasteiger charge is -2.22. The highest BCUT2D eigenvalue weighted by molar-refractivity contribution is 6.35. The molecule has 0 saturated carbocycles. The van der Waals surface area contributed by atoms with Crippen LogP contribution in [0.1, 0.15) is 12.5 Å². The number of hydrogen-bond acceptors (Lipinski definition) is 2. The molecule has 0 aliphatic heterocycles. The summed E-state index contributed by atoms with van der Waals surface area (Å²) < 4.78 is 0. The fourth-order valence-corrected chi connectivity index (χ4v) is 2.77. The van der Waals surface area contributed by atoms with Crippen molar-refractivity contribution in [2.45, 2.75) is 13.3 Å². The summed E-state index contributed by atoms with van der Waals surface area (Å²) in [6.07, 6.45) is 0.668. The Morgan fingerprint density at radius 3 is 2.28 bits per heavy atom. The van der Waals surface area contributed by atoms with E-state index in [1.54, 1.807) is 30.3 Å². The number of halogens is 3. The van der Waals surface area contributed by atoms with Crippen molar-refractivity contribution in [3.8, 4) is 0 Å². The van der Waals surface area contributed by atoms with Gasteiger partial charge >= 0.3 is 0 Å². The van der Waals surface area contributed by atoms with Crippen molar-refractivity contribution >= 4 is 52.3 Å². The molecule has 4 nitrogen and oxygen atoms in total. The van der Waals surface area contributed by atoms with E-state index in [-0.39, 0.29) is 18.4 Å². The van der Waals surface area contributed by atoms with E-state index in [0.29, 0.717) is 33.7 Å². The Labute approximate surface area is 161 Å². The maximum Gasteiger partial charge on any atom is 0.240 e. The van der Waals surface area contributed by atoms with Gasteiger partial charge in [0.15, 0.2) is 0 Å². The minimum atomic E-state index is -0.294. The number of carbonyl (C=O) groups excluding carboxylic acids is 2. The SMILES string of the molecule is CC(=O)N(CC(=O)NCCc1ccc(Cl)cc1)c1cc(Cl)ccc1Cl. The molecule has 1 N–H and O–H groups in total. The molecule has 0 aliphatic rings. The largest absolute Gasteiger partial charge is 0.354 e. The summed E-state index contributed by atoms with van der Waals surface area (Å²) in [6, 6.07) is 12.2. The highest BCUT2D eigenvalue weighted by Crippen LogP contribution is 2.29. The number of nitrogens with zero attached hydrogens (tertiary/aromatic N) is 1. The summed E-state index contributed by atoms with van der Waals surface area (Å²) in [5, 5.41) is 4.26. The first-order chi connectivity index (χ1) is 11.9. The average Bonchev–Trinajstić information content (AvgIpc) is 2.56. The van der Waals surface area contributed by atoms with Gasteiger partial charge in [-0.3, -0.25) is 9.59 Å². The standard InChI is InChI=1S/C18H17Cl3N2O2/c1-12(24)23(17-10-15(20)6-7-16(17)21)11-18(25)22-9-8-13-2-4-14(19)5-3-13/h2-7,10H,8-9,11H2,1H3,(H,22,25). The normalized spacial score (nSPS) is 10.4. The van der Waals surface area contributed by atoms with Crippen molar-refractivity contribution in [2.75, 3.05) is 18.0 Å². The van der Waals surface area contributed by atoms with Crippen LogP contribution in [0, 0.1) is 0 Å². The van der Waals surface area contributed by atoms with Crippen molar-refractivity contribution in [1.82, 2.24) is 5.32 Å². The molecule has 0 fully saturated rings. The Morgan fingerprint density at radius 2 is 1.64 bits per heavy atom. The first-order valence-electron chi connectivity index (χ1n) is 7.61. The van der Waals surface area contributed by atoms with Gasteiger partial charge in [-0.2, -0.15) is 0 Å². The molecule has 2 rings (SSSR count). The topological polar surface area (TPSA) is 49.4 Å². The van der Waals surface area contributed by atoms with Crippen molar-refractivity contribution < 1.29 is 9.59 Å². The van der Waals surface area contributed by atoms with Crippen molar-refractivity contribution in [1.29, 1.82) is 0 Å². The molecule has 0 bridgehead atoms. The Kier molecular flexibility index (Phi) is 7.12. The van der Waals surface area contributed by atoms with E-state index in [1.165, 1.54) is 11.8 Å². The van der Waals surface area contributed by atoms with Gasteiger partial charge in [0, 0.05) is 23.5 Å². The summed E-state index contributed by atoms with van der Waals surface area (Å²) in [4.78, 5) is 25.4. The Hall–Kier alpha value is -1.75. The molecule has 0 heterocycles. The number of nitrogens with one attached hydrogen (secondary N) is 1. The monoisotopic (exact) mass is 398 g/mol. The predicted octanol–water partition coefficient (Wildman–Crippen LogP) is 4.36. The van der Waals surface area contributed by atoms with E-state index in [1.807, 2.05) is 12.1 Å². The lowest BCUT2D eigenvalue weighted by atomic mass is 10.1. The number of benzene rings is 2. The van der Waals surface area contributed by atoms with Crippen LogP contribution in [0.4, 0.5) is 5.69 Å². The van der Waals surface area contributed by atoms with E-state index in [2.05, 4.69) is 5.32 Å². The zero-order chi connectivity index (χ0) is 18.4. The smallest absolute Gasteiger partial charge is 0.240 e. The predicted molar refractivity (Wildman–Crippen MR) is 103 cm³/mol. The van der Waals surface area contributed by atoms with Gasteiger partial charge in [-0.25, -0.2) is 0 Å². The maximum absolute atomic E-state index is 12.2. The molecule has 0 saturated heterocycles. The van der Waals surface area contributed by atoms with Gasteiger partial charge in [-0.05, 0) is 42.3 Å². The molecule has 0 atom stereocenters. The van der Waals surface area contributed by atoms with Gasteiger partial charge < -0.3 is 10.2 Å². The molecule has 2 aromatic carbocycles. The number of hydrogen-bond donors (Lipinski definition) is 1. The van der Waals surface area contributed by atoms with Crippen molar-refractivity contribution in [3.05, 3.63) is 63.1 Å². The molecule has 25 heavy (non-hydrogen) atoms.